The number of carbonyl (C=O) groups excluding carboxylic acids is 1. The fourth-order valence-corrected chi connectivity index (χ4v) is 3.18. The predicted molar refractivity (Wildman–Crippen MR) is 80.9 cm³/mol. The number of nitrogens with zero attached hydrogens (tertiary/aromatic N) is 4. The molecule has 0 saturated heterocycles. The summed E-state index contributed by atoms with van der Waals surface area (Å²) in [7, 11) is 1.85. The molecule has 2 aromatic rings. The van der Waals surface area contributed by atoms with Crippen molar-refractivity contribution in [1.82, 2.24) is 25.0 Å². The first-order chi connectivity index (χ1) is 10.2. The summed E-state index contributed by atoms with van der Waals surface area (Å²) in [4.78, 5) is 18.1. The Morgan fingerprint density at radius 2 is 2.52 bits per heavy atom. The van der Waals surface area contributed by atoms with Gasteiger partial charge >= 0.3 is 0 Å². The third-order valence-electron chi connectivity index (χ3n) is 3.77. The van der Waals surface area contributed by atoms with Gasteiger partial charge in [-0.15, -0.1) is 0 Å². The highest BCUT2D eigenvalue weighted by Crippen LogP contribution is 2.11. The topological polar surface area (TPSA) is 63.1 Å². The van der Waals surface area contributed by atoms with Gasteiger partial charge in [-0.25, -0.2) is 9.67 Å². The zero-order chi connectivity index (χ0) is 14.7. The van der Waals surface area contributed by atoms with Gasteiger partial charge in [-0.1, -0.05) is 0 Å². The van der Waals surface area contributed by atoms with Crippen LogP contribution in [-0.4, -0.2) is 45.2 Å². The predicted octanol–water partition coefficient (Wildman–Crippen LogP) is 0.903. The highest BCUT2D eigenvalue weighted by molar-refractivity contribution is 7.07. The molecule has 112 valence electrons. The Bertz CT molecular complexity index is 594. The summed E-state index contributed by atoms with van der Waals surface area (Å²) in [6.07, 6.45) is 3.51. The highest BCUT2D eigenvalue weighted by Gasteiger charge is 2.20. The van der Waals surface area contributed by atoms with Crippen molar-refractivity contribution in [2.45, 2.75) is 32.0 Å². The third-order valence-corrected chi connectivity index (χ3v) is 4.51. The minimum absolute atomic E-state index is 0.116. The number of aromatic nitrogens is 3. The molecule has 6 nitrogen and oxygen atoms in total. The average molecular weight is 305 g/mol. The van der Waals surface area contributed by atoms with E-state index in [0.29, 0.717) is 13.1 Å². The van der Waals surface area contributed by atoms with Crippen molar-refractivity contribution in [3.05, 3.63) is 34.5 Å². The molecule has 0 spiro atoms. The average Bonchev–Trinajstić information content (AvgIpc) is 3.14. The van der Waals surface area contributed by atoms with E-state index >= 15 is 0 Å². The molecule has 1 N–H and O–H groups in total. The van der Waals surface area contributed by atoms with Crippen LogP contribution in [-0.2, 0) is 24.3 Å². The van der Waals surface area contributed by atoms with Crippen LogP contribution < -0.4 is 5.32 Å². The van der Waals surface area contributed by atoms with Crippen LogP contribution in [0.4, 0.5) is 0 Å². The molecule has 0 aromatic carbocycles. The van der Waals surface area contributed by atoms with E-state index in [2.05, 4.69) is 26.8 Å². The quantitative estimate of drug-likeness (QED) is 0.891. The zero-order valence-corrected chi connectivity index (χ0v) is 12.8. The molecule has 7 heteroatoms. The maximum absolute atomic E-state index is 12.1. The lowest BCUT2D eigenvalue weighted by molar-refractivity contribution is -0.129. The monoisotopic (exact) mass is 305 g/mol. The number of likely N-dealkylation sites (N-methyl/N-ethyl adjacent to an activating group) is 1. The first-order valence-corrected chi connectivity index (χ1v) is 8.02. The van der Waals surface area contributed by atoms with E-state index in [9.17, 15) is 4.79 Å². The summed E-state index contributed by atoms with van der Waals surface area (Å²) >= 11 is 1.65. The molecule has 0 radical (unpaired) electrons. The second kappa shape index (κ2) is 6.36. The lowest BCUT2D eigenvalue weighted by Crippen LogP contribution is -2.43. The molecule has 21 heavy (non-hydrogen) atoms. The number of aryl methyl sites for hydroxylation is 1. The largest absolute Gasteiger partial charge is 0.340 e. The molecular weight excluding hydrogens is 286 g/mol. The summed E-state index contributed by atoms with van der Waals surface area (Å²) in [6.45, 7) is 1.83. The molecule has 0 saturated carbocycles. The van der Waals surface area contributed by atoms with Gasteiger partial charge in [0.15, 0.2) is 0 Å². The van der Waals surface area contributed by atoms with Gasteiger partial charge in [-0.05, 0) is 28.8 Å². The number of thiophene rings is 1. The molecule has 1 amide bonds. The molecule has 3 heterocycles. The van der Waals surface area contributed by atoms with Crippen LogP contribution in [0.2, 0.25) is 0 Å². The Hall–Kier alpha value is -1.73. The van der Waals surface area contributed by atoms with E-state index in [-0.39, 0.29) is 11.9 Å². The fourth-order valence-electron chi connectivity index (χ4n) is 2.52. The van der Waals surface area contributed by atoms with Crippen molar-refractivity contribution < 1.29 is 4.79 Å². The van der Waals surface area contributed by atoms with Gasteiger partial charge in [0.25, 0.3) is 0 Å². The number of fused-ring (bicyclic) bond motifs is 1. The van der Waals surface area contributed by atoms with E-state index in [1.54, 1.807) is 22.6 Å². The molecule has 0 unspecified atom stereocenters. The van der Waals surface area contributed by atoms with Crippen molar-refractivity contribution in [3.8, 4) is 0 Å². The van der Waals surface area contributed by atoms with Crippen molar-refractivity contribution in [2.75, 3.05) is 13.6 Å². The Balaban J connectivity index is 1.46. The highest BCUT2D eigenvalue weighted by atomic mass is 32.1. The van der Waals surface area contributed by atoms with Crippen molar-refractivity contribution >= 4 is 17.2 Å². The Morgan fingerprint density at radius 3 is 3.33 bits per heavy atom. The minimum Gasteiger partial charge on any atom is -0.340 e. The normalized spacial score (nSPS) is 17.5. The van der Waals surface area contributed by atoms with Crippen LogP contribution in [0.25, 0.3) is 0 Å². The van der Waals surface area contributed by atoms with E-state index in [0.717, 1.165) is 25.2 Å². The molecule has 3 rings (SSSR count). The maximum atomic E-state index is 12.1. The molecule has 1 aliphatic rings. The molecule has 2 aromatic heterocycles. The smallest absolute Gasteiger partial charge is 0.236 e. The number of hydrogen-bond acceptors (Lipinski definition) is 5. The Kier molecular flexibility index (Phi) is 4.31. The summed E-state index contributed by atoms with van der Waals surface area (Å²) in [6, 6.07) is 2.34. The number of carbonyl (C=O) groups is 1. The van der Waals surface area contributed by atoms with Crippen molar-refractivity contribution in [3.63, 3.8) is 0 Å². The second-order valence-electron chi connectivity index (χ2n) is 5.36. The Labute approximate surface area is 127 Å². The SMILES string of the molecule is CN(Cc1ccsc1)C(=O)CN[C@@H]1CCc2ncnn2C1. The second-order valence-corrected chi connectivity index (χ2v) is 6.14. The number of rotatable bonds is 5. The zero-order valence-electron chi connectivity index (χ0n) is 12.0. The minimum atomic E-state index is 0.116. The van der Waals surface area contributed by atoms with Gasteiger partial charge in [0.1, 0.15) is 12.2 Å². The van der Waals surface area contributed by atoms with Gasteiger partial charge in [-0.2, -0.15) is 16.4 Å². The number of hydrogen-bond donors (Lipinski definition) is 1. The molecule has 0 fully saturated rings. The van der Waals surface area contributed by atoms with Crippen LogP contribution in [0.1, 0.15) is 17.8 Å². The van der Waals surface area contributed by atoms with Gasteiger partial charge in [0.2, 0.25) is 5.91 Å². The summed E-state index contributed by atoms with van der Waals surface area (Å²) < 4.78 is 1.92. The first-order valence-electron chi connectivity index (χ1n) is 7.07. The van der Waals surface area contributed by atoms with Crippen LogP contribution in [0.3, 0.4) is 0 Å². The van der Waals surface area contributed by atoms with Gasteiger partial charge in [0, 0.05) is 26.1 Å². The van der Waals surface area contributed by atoms with Gasteiger partial charge in [0.05, 0.1) is 13.1 Å². The van der Waals surface area contributed by atoms with Crippen molar-refractivity contribution in [2.24, 2.45) is 0 Å². The molecular formula is C14H19N5OS. The van der Waals surface area contributed by atoms with Gasteiger partial charge < -0.3 is 10.2 Å². The third kappa shape index (κ3) is 3.48. The van der Waals surface area contributed by atoms with Crippen LogP contribution in [0.15, 0.2) is 23.2 Å². The summed E-state index contributed by atoms with van der Waals surface area (Å²) in [5, 5.41) is 11.6. The molecule has 0 aliphatic carbocycles. The van der Waals surface area contributed by atoms with E-state index in [4.69, 9.17) is 0 Å². The van der Waals surface area contributed by atoms with Crippen LogP contribution in [0, 0.1) is 0 Å². The van der Waals surface area contributed by atoms with Crippen LogP contribution >= 0.6 is 11.3 Å². The summed E-state index contributed by atoms with van der Waals surface area (Å²) in [5.41, 5.74) is 1.18. The van der Waals surface area contributed by atoms with E-state index in [1.165, 1.54) is 5.56 Å². The number of nitrogens with one attached hydrogen (secondary N) is 1. The maximum Gasteiger partial charge on any atom is 0.236 e. The number of amides is 1. The first kappa shape index (κ1) is 14.2. The molecule has 1 aliphatic heterocycles. The van der Waals surface area contributed by atoms with Crippen LogP contribution in [0.5, 0.6) is 0 Å². The Morgan fingerprint density at radius 1 is 1.62 bits per heavy atom. The van der Waals surface area contributed by atoms with E-state index < -0.39 is 0 Å². The molecule has 1 atom stereocenters. The molecule has 0 bridgehead atoms. The lowest BCUT2D eigenvalue weighted by atomic mass is 10.1. The van der Waals surface area contributed by atoms with Gasteiger partial charge in [-0.3, -0.25) is 4.79 Å². The standard InChI is InChI=1S/C14H19N5OS/c1-18(7-11-4-5-21-9-11)14(20)6-15-12-2-3-13-16-10-17-19(13)8-12/h4-5,9-10,12,15H,2-3,6-8H2,1H3/t12-/m1/s1. The van der Waals surface area contributed by atoms with Crippen molar-refractivity contribution in [1.29, 1.82) is 0 Å². The fraction of sp³-hybridized carbons (Fsp3) is 0.500. The summed E-state index contributed by atoms with van der Waals surface area (Å²) in [5.74, 6) is 1.15. The van der Waals surface area contributed by atoms with E-state index in [1.807, 2.05) is 17.1 Å². The lowest BCUT2D eigenvalue weighted by Gasteiger charge is -2.24.